The molecular formula is C22H25F3N2. The van der Waals surface area contributed by atoms with Gasteiger partial charge >= 0.3 is 6.18 Å². The summed E-state index contributed by atoms with van der Waals surface area (Å²) in [5, 5.41) is 3.75. The molecule has 0 saturated heterocycles. The maximum Gasteiger partial charge on any atom is 0.416 e. The molecule has 0 unspecified atom stereocenters. The van der Waals surface area contributed by atoms with Crippen molar-refractivity contribution in [3.8, 4) is 11.1 Å². The molecule has 2 fully saturated rings. The summed E-state index contributed by atoms with van der Waals surface area (Å²) >= 11 is 0. The summed E-state index contributed by atoms with van der Waals surface area (Å²) in [6.45, 7) is 0. The summed E-state index contributed by atoms with van der Waals surface area (Å²) in [7, 11) is 0. The summed E-state index contributed by atoms with van der Waals surface area (Å²) in [4.78, 5) is 0. The van der Waals surface area contributed by atoms with Crippen LogP contribution < -0.4 is 11.1 Å². The average Bonchev–Trinajstić information content (AvgIpc) is 3.42. The highest BCUT2D eigenvalue weighted by atomic mass is 19.4. The van der Waals surface area contributed by atoms with Crippen molar-refractivity contribution in [1.29, 1.82) is 0 Å². The van der Waals surface area contributed by atoms with Crippen LogP contribution in [0, 0.1) is 0 Å². The second-order valence-electron chi connectivity index (χ2n) is 7.93. The Kier molecular flexibility index (Phi) is 4.99. The van der Waals surface area contributed by atoms with E-state index < -0.39 is 11.7 Å². The minimum absolute atomic E-state index is 0.362. The van der Waals surface area contributed by atoms with Crippen molar-refractivity contribution in [2.75, 3.05) is 0 Å². The second-order valence-corrected chi connectivity index (χ2v) is 7.93. The van der Waals surface area contributed by atoms with E-state index in [1.54, 1.807) is 6.07 Å². The first-order valence-electron chi connectivity index (χ1n) is 9.69. The third kappa shape index (κ3) is 4.36. The van der Waals surface area contributed by atoms with Gasteiger partial charge in [0.1, 0.15) is 0 Å². The standard InChI is InChI=1S/C22H25F3N2/c23-22(24,25)17-3-1-2-16(12-17)14-4-6-15(7-5-14)20-13-21(20)27-19-10-8-18(26)9-11-19/h1-7,12,18-21,27H,8-11,13,26H2/t18-,19-,20-,21+/m0/s1. The third-order valence-electron chi connectivity index (χ3n) is 5.87. The molecule has 2 nitrogen and oxygen atoms in total. The molecule has 27 heavy (non-hydrogen) atoms. The Labute approximate surface area is 158 Å². The van der Waals surface area contributed by atoms with E-state index in [0.29, 0.717) is 29.6 Å². The largest absolute Gasteiger partial charge is 0.416 e. The van der Waals surface area contributed by atoms with Crippen molar-refractivity contribution in [3.63, 3.8) is 0 Å². The zero-order chi connectivity index (χ0) is 19.0. The third-order valence-corrected chi connectivity index (χ3v) is 5.87. The summed E-state index contributed by atoms with van der Waals surface area (Å²) < 4.78 is 38.7. The Morgan fingerprint density at radius 1 is 0.889 bits per heavy atom. The molecule has 2 aromatic carbocycles. The van der Waals surface area contributed by atoms with Gasteiger partial charge in [0.25, 0.3) is 0 Å². The Hall–Kier alpha value is -1.85. The van der Waals surface area contributed by atoms with Crippen LogP contribution in [0.5, 0.6) is 0 Å². The summed E-state index contributed by atoms with van der Waals surface area (Å²) in [6, 6.07) is 14.9. The van der Waals surface area contributed by atoms with Crippen molar-refractivity contribution < 1.29 is 13.2 Å². The van der Waals surface area contributed by atoms with Gasteiger partial charge in [-0.2, -0.15) is 13.2 Å². The van der Waals surface area contributed by atoms with Gasteiger partial charge in [-0.3, -0.25) is 0 Å². The summed E-state index contributed by atoms with van der Waals surface area (Å²) in [5.41, 5.74) is 8.03. The number of nitrogens with one attached hydrogen (secondary N) is 1. The highest BCUT2D eigenvalue weighted by molar-refractivity contribution is 5.65. The molecule has 0 heterocycles. The lowest BCUT2D eigenvalue weighted by Gasteiger charge is -2.27. The van der Waals surface area contributed by atoms with E-state index in [4.69, 9.17) is 5.73 Å². The Morgan fingerprint density at radius 3 is 2.26 bits per heavy atom. The monoisotopic (exact) mass is 374 g/mol. The van der Waals surface area contributed by atoms with Gasteiger partial charge in [-0.15, -0.1) is 0 Å². The fraction of sp³-hybridized carbons (Fsp3) is 0.455. The van der Waals surface area contributed by atoms with Crippen LogP contribution in [0.4, 0.5) is 13.2 Å². The maximum absolute atomic E-state index is 12.9. The van der Waals surface area contributed by atoms with E-state index in [0.717, 1.165) is 43.7 Å². The lowest BCUT2D eigenvalue weighted by Crippen LogP contribution is -2.38. The number of hydrogen-bond acceptors (Lipinski definition) is 2. The Balaban J connectivity index is 1.39. The van der Waals surface area contributed by atoms with Crippen molar-refractivity contribution in [2.24, 2.45) is 5.73 Å². The average molecular weight is 374 g/mol. The minimum Gasteiger partial charge on any atom is -0.328 e. The van der Waals surface area contributed by atoms with Crippen LogP contribution in [-0.2, 0) is 6.18 Å². The minimum atomic E-state index is -4.31. The SMILES string of the molecule is N[C@H]1CC[C@H](N[C@@H]2C[C@H]2c2ccc(-c3cccc(C(F)(F)F)c3)cc2)CC1. The first-order valence-corrected chi connectivity index (χ1v) is 9.69. The van der Waals surface area contributed by atoms with E-state index in [1.165, 1.54) is 17.7 Å². The van der Waals surface area contributed by atoms with Crippen molar-refractivity contribution in [2.45, 2.75) is 62.3 Å². The van der Waals surface area contributed by atoms with Gasteiger partial charge in [0.2, 0.25) is 0 Å². The fourth-order valence-corrected chi connectivity index (χ4v) is 4.13. The van der Waals surface area contributed by atoms with Gasteiger partial charge in [0.05, 0.1) is 5.56 Å². The molecule has 0 radical (unpaired) electrons. The second kappa shape index (κ2) is 7.28. The van der Waals surface area contributed by atoms with Gasteiger partial charge in [-0.1, -0.05) is 36.4 Å². The number of hydrogen-bond donors (Lipinski definition) is 2. The van der Waals surface area contributed by atoms with Crippen LogP contribution in [0.15, 0.2) is 48.5 Å². The molecule has 2 atom stereocenters. The smallest absolute Gasteiger partial charge is 0.328 e. The normalized spacial score (nSPS) is 28.1. The molecule has 4 rings (SSSR count). The highest BCUT2D eigenvalue weighted by Crippen LogP contribution is 2.42. The predicted molar refractivity (Wildman–Crippen MR) is 101 cm³/mol. The van der Waals surface area contributed by atoms with Crippen LogP contribution in [0.1, 0.15) is 49.1 Å². The topological polar surface area (TPSA) is 38.0 Å². The van der Waals surface area contributed by atoms with E-state index in [-0.39, 0.29) is 0 Å². The molecule has 0 aromatic heterocycles. The lowest BCUT2D eigenvalue weighted by atomic mass is 9.92. The molecule has 144 valence electrons. The van der Waals surface area contributed by atoms with Gasteiger partial charge < -0.3 is 11.1 Å². The Bertz CT molecular complexity index is 777. The van der Waals surface area contributed by atoms with Crippen LogP contribution in [-0.4, -0.2) is 18.1 Å². The first-order chi connectivity index (χ1) is 12.9. The molecule has 2 aliphatic rings. The molecule has 2 aromatic rings. The summed E-state index contributed by atoms with van der Waals surface area (Å²) in [5.74, 6) is 0.510. The van der Waals surface area contributed by atoms with Crippen LogP contribution in [0.25, 0.3) is 11.1 Å². The highest BCUT2D eigenvalue weighted by Gasteiger charge is 2.39. The van der Waals surface area contributed by atoms with Crippen LogP contribution in [0.2, 0.25) is 0 Å². The number of rotatable bonds is 4. The van der Waals surface area contributed by atoms with Crippen molar-refractivity contribution >= 4 is 0 Å². The van der Waals surface area contributed by atoms with Gasteiger partial charge in [0.15, 0.2) is 0 Å². The molecule has 5 heteroatoms. The summed E-state index contributed by atoms with van der Waals surface area (Å²) in [6.07, 6.45) is 1.32. The van der Waals surface area contributed by atoms with Crippen molar-refractivity contribution in [3.05, 3.63) is 59.7 Å². The quantitative estimate of drug-likeness (QED) is 0.782. The number of benzene rings is 2. The van der Waals surface area contributed by atoms with E-state index in [1.807, 2.05) is 12.1 Å². The molecule has 0 amide bonds. The van der Waals surface area contributed by atoms with E-state index in [9.17, 15) is 13.2 Å². The van der Waals surface area contributed by atoms with E-state index >= 15 is 0 Å². The van der Waals surface area contributed by atoms with Gasteiger partial charge in [-0.05, 0) is 60.9 Å². The van der Waals surface area contributed by atoms with Gasteiger partial charge in [0, 0.05) is 24.0 Å². The number of nitrogens with two attached hydrogens (primary N) is 1. The van der Waals surface area contributed by atoms with Crippen LogP contribution >= 0.6 is 0 Å². The van der Waals surface area contributed by atoms with Crippen LogP contribution in [0.3, 0.4) is 0 Å². The van der Waals surface area contributed by atoms with E-state index in [2.05, 4.69) is 17.4 Å². The zero-order valence-corrected chi connectivity index (χ0v) is 15.2. The molecule has 0 aliphatic heterocycles. The molecule has 2 saturated carbocycles. The molecule has 2 aliphatic carbocycles. The number of halogens is 3. The molecule has 0 bridgehead atoms. The molecule has 0 spiro atoms. The molecule has 3 N–H and O–H groups in total. The van der Waals surface area contributed by atoms with Gasteiger partial charge in [-0.25, -0.2) is 0 Å². The molecular weight excluding hydrogens is 349 g/mol. The maximum atomic E-state index is 12.9. The first kappa shape index (κ1) is 18.5. The number of alkyl halides is 3. The Morgan fingerprint density at radius 2 is 1.59 bits per heavy atom. The predicted octanol–water partition coefficient (Wildman–Crippen LogP) is 5.09. The lowest BCUT2D eigenvalue weighted by molar-refractivity contribution is -0.137. The van der Waals surface area contributed by atoms with Crippen molar-refractivity contribution in [1.82, 2.24) is 5.32 Å². The zero-order valence-electron chi connectivity index (χ0n) is 15.2. The fourth-order valence-electron chi connectivity index (χ4n) is 4.13.